The zero-order chi connectivity index (χ0) is 22.1. The molecule has 9 heteroatoms. The summed E-state index contributed by atoms with van der Waals surface area (Å²) in [6.45, 7) is 0.190. The molecule has 4 aromatic rings. The Hall–Kier alpha value is -3.85. The highest BCUT2D eigenvalue weighted by molar-refractivity contribution is 5.96. The average molecular weight is 433 g/mol. The minimum atomic E-state index is -1.25. The van der Waals surface area contributed by atoms with Gasteiger partial charge in [-0.1, -0.05) is 12.1 Å². The Morgan fingerprint density at radius 2 is 1.91 bits per heavy atom. The summed E-state index contributed by atoms with van der Waals surface area (Å²) in [5.74, 6) is 0.0175. The molecule has 2 atom stereocenters. The molecule has 3 aromatic heterocycles. The van der Waals surface area contributed by atoms with Gasteiger partial charge in [0.05, 0.1) is 31.2 Å². The van der Waals surface area contributed by atoms with E-state index in [1.54, 1.807) is 35.6 Å². The summed E-state index contributed by atoms with van der Waals surface area (Å²) >= 11 is 0. The fourth-order valence-corrected chi connectivity index (χ4v) is 3.81. The molecule has 0 radical (unpaired) electrons. The maximum absolute atomic E-state index is 14.6. The topological polar surface area (TPSA) is 104 Å². The standard InChI is InChI=1S/C23H20FN5O3/c24-18-11-29(23-26-9-14(13-30)10-27-23)12-19(18)28-22(31)16-3-1-15(2-4-16)21-17-6-8-32-20(17)5-7-25-21/h1-10,18-19,30H,11-13H2,(H,28,31)/t18-,19+/m0/s1. The average Bonchev–Trinajstić information content (AvgIpc) is 3.46. The van der Waals surface area contributed by atoms with E-state index in [0.29, 0.717) is 17.1 Å². The van der Waals surface area contributed by atoms with E-state index >= 15 is 0 Å². The molecule has 2 N–H and O–H groups in total. The number of aromatic nitrogens is 3. The largest absolute Gasteiger partial charge is 0.464 e. The summed E-state index contributed by atoms with van der Waals surface area (Å²) in [5.41, 5.74) is 3.38. The van der Waals surface area contributed by atoms with Crippen molar-refractivity contribution in [1.82, 2.24) is 20.3 Å². The Labute approximate surface area is 182 Å². The summed E-state index contributed by atoms with van der Waals surface area (Å²) in [4.78, 5) is 27.1. The lowest BCUT2D eigenvalue weighted by molar-refractivity contribution is 0.0924. The molecule has 0 aliphatic carbocycles. The number of carbonyl (C=O) groups excluding carboxylic acids is 1. The number of hydrogen-bond acceptors (Lipinski definition) is 7. The van der Waals surface area contributed by atoms with E-state index in [1.807, 2.05) is 18.2 Å². The van der Waals surface area contributed by atoms with Crippen LogP contribution in [0.2, 0.25) is 0 Å². The van der Waals surface area contributed by atoms with Crippen LogP contribution < -0.4 is 10.2 Å². The predicted octanol–water partition coefficient (Wildman–Crippen LogP) is 2.73. The Balaban J connectivity index is 1.27. The van der Waals surface area contributed by atoms with Gasteiger partial charge in [-0.3, -0.25) is 9.78 Å². The lowest BCUT2D eigenvalue weighted by Crippen LogP contribution is -2.41. The molecule has 0 saturated carbocycles. The number of anilines is 1. The van der Waals surface area contributed by atoms with Crippen LogP contribution in [-0.2, 0) is 6.61 Å². The van der Waals surface area contributed by atoms with Gasteiger partial charge in [0.15, 0.2) is 0 Å². The van der Waals surface area contributed by atoms with Crippen molar-refractivity contribution in [3.63, 3.8) is 0 Å². The van der Waals surface area contributed by atoms with Gasteiger partial charge in [0.25, 0.3) is 5.91 Å². The van der Waals surface area contributed by atoms with Gasteiger partial charge in [0, 0.05) is 47.2 Å². The third kappa shape index (κ3) is 3.78. The van der Waals surface area contributed by atoms with Crippen LogP contribution in [0.25, 0.3) is 22.2 Å². The van der Waals surface area contributed by atoms with E-state index in [-0.39, 0.29) is 25.6 Å². The van der Waals surface area contributed by atoms with Gasteiger partial charge in [0.2, 0.25) is 5.95 Å². The third-order valence-electron chi connectivity index (χ3n) is 5.52. The minimum Gasteiger partial charge on any atom is -0.464 e. The molecule has 1 aliphatic rings. The number of halogens is 1. The van der Waals surface area contributed by atoms with Crippen LogP contribution in [0.3, 0.4) is 0 Å². The fourth-order valence-electron chi connectivity index (χ4n) is 3.81. The second-order valence-corrected chi connectivity index (χ2v) is 7.62. The number of aliphatic hydroxyl groups excluding tert-OH is 1. The van der Waals surface area contributed by atoms with Crippen LogP contribution in [-0.4, -0.2) is 51.3 Å². The molecule has 1 fully saturated rings. The summed E-state index contributed by atoms with van der Waals surface area (Å²) in [7, 11) is 0. The van der Waals surface area contributed by atoms with Gasteiger partial charge >= 0.3 is 0 Å². The van der Waals surface area contributed by atoms with Crippen LogP contribution in [0.15, 0.2) is 65.7 Å². The van der Waals surface area contributed by atoms with Crippen LogP contribution in [0.1, 0.15) is 15.9 Å². The summed E-state index contributed by atoms with van der Waals surface area (Å²) in [6, 6.07) is 9.99. The molecule has 4 heterocycles. The Kier molecular flexibility index (Phi) is 5.24. The minimum absolute atomic E-state index is 0.0860. The highest BCUT2D eigenvalue weighted by Crippen LogP contribution is 2.27. The maximum atomic E-state index is 14.6. The van der Waals surface area contributed by atoms with Crippen LogP contribution in [0, 0.1) is 0 Å². The van der Waals surface area contributed by atoms with E-state index in [1.165, 1.54) is 12.4 Å². The maximum Gasteiger partial charge on any atom is 0.251 e. The number of carbonyl (C=O) groups is 1. The molecular formula is C23H20FN5O3. The van der Waals surface area contributed by atoms with Gasteiger partial charge in [-0.25, -0.2) is 14.4 Å². The number of nitrogens with zero attached hydrogens (tertiary/aromatic N) is 4. The third-order valence-corrected chi connectivity index (χ3v) is 5.52. The van der Waals surface area contributed by atoms with Gasteiger partial charge in [-0.2, -0.15) is 0 Å². The number of benzene rings is 1. The Morgan fingerprint density at radius 1 is 1.12 bits per heavy atom. The quantitative estimate of drug-likeness (QED) is 0.499. The highest BCUT2D eigenvalue weighted by atomic mass is 19.1. The summed E-state index contributed by atoms with van der Waals surface area (Å²) < 4.78 is 20.0. The van der Waals surface area contributed by atoms with E-state index in [9.17, 15) is 9.18 Å². The van der Waals surface area contributed by atoms with E-state index in [4.69, 9.17) is 9.52 Å². The number of furan rings is 1. The molecule has 1 aliphatic heterocycles. The molecule has 162 valence electrons. The van der Waals surface area contributed by atoms with Gasteiger partial charge in [-0.05, 0) is 24.3 Å². The first kappa shape index (κ1) is 20.1. The molecule has 1 amide bonds. The normalized spacial score (nSPS) is 18.2. The van der Waals surface area contributed by atoms with Crippen molar-refractivity contribution >= 4 is 22.8 Å². The van der Waals surface area contributed by atoms with Crippen molar-refractivity contribution in [2.75, 3.05) is 18.0 Å². The second-order valence-electron chi connectivity index (χ2n) is 7.62. The molecular weight excluding hydrogens is 413 g/mol. The zero-order valence-electron chi connectivity index (χ0n) is 17.0. The number of fused-ring (bicyclic) bond motifs is 1. The Morgan fingerprint density at radius 3 is 2.66 bits per heavy atom. The van der Waals surface area contributed by atoms with Crippen molar-refractivity contribution < 1.29 is 18.7 Å². The smallest absolute Gasteiger partial charge is 0.251 e. The lowest BCUT2D eigenvalue weighted by Gasteiger charge is -2.16. The van der Waals surface area contributed by atoms with Crippen LogP contribution >= 0.6 is 0 Å². The van der Waals surface area contributed by atoms with Crippen LogP contribution in [0.5, 0.6) is 0 Å². The molecule has 5 rings (SSSR count). The SMILES string of the molecule is O=C(N[C@@H]1CN(c2ncc(CO)cn2)C[C@@H]1F)c1ccc(-c2nccc3occc23)cc1. The number of rotatable bonds is 5. The molecule has 8 nitrogen and oxygen atoms in total. The summed E-state index contributed by atoms with van der Waals surface area (Å²) in [6.07, 6.45) is 5.05. The predicted molar refractivity (Wildman–Crippen MR) is 116 cm³/mol. The van der Waals surface area contributed by atoms with Gasteiger partial charge in [0.1, 0.15) is 11.8 Å². The first-order valence-corrected chi connectivity index (χ1v) is 10.2. The van der Waals surface area contributed by atoms with E-state index in [2.05, 4.69) is 20.3 Å². The van der Waals surface area contributed by atoms with Gasteiger partial charge < -0.3 is 19.7 Å². The van der Waals surface area contributed by atoms with Crippen molar-refractivity contribution in [3.8, 4) is 11.3 Å². The molecule has 1 saturated heterocycles. The molecule has 32 heavy (non-hydrogen) atoms. The number of amides is 1. The number of alkyl halides is 1. The monoisotopic (exact) mass is 433 g/mol. The Bertz CT molecular complexity index is 1240. The highest BCUT2D eigenvalue weighted by Gasteiger charge is 2.35. The first-order chi connectivity index (χ1) is 15.6. The second kappa shape index (κ2) is 8.35. The molecule has 0 unspecified atom stereocenters. The fraction of sp³-hybridized carbons (Fsp3) is 0.217. The molecule has 1 aromatic carbocycles. The molecule has 0 spiro atoms. The van der Waals surface area contributed by atoms with Gasteiger partial charge in [-0.15, -0.1) is 0 Å². The van der Waals surface area contributed by atoms with Crippen molar-refractivity contribution in [1.29, 1.82) is 0 Å². The van der Waals surface area contributed by atoms with Crippen LogP contribution in [0.4, 0.5) is 10.3 Å². The van der Waals surface area contributed by atoms with E-state index in [0.717, 1.165) is 22.2 Å². The number of nitrogens with one attached hydrogen (secondary N) is 1. The number of aliphatic hydroxyl groups is 1. The van der Waals surface area contributed by atoms with Crippen molar-refractivity contribution in [2.45, 2.75) is 18.8 Å². The zero-order valence-corrected chi connectivity index (χ0v) is 17.0. The summed E-state index contributed by atoms with van der Waals surface area (Å²) in [5, 5.41) is 12.8. The van der Waals surface area contributed by atoms with Crippen molar-refractivity contribution in [2.24, 2.45) is 0 Å². The number of hydrogen-bond donors (Lipinski definition) is 2. The molecule has 0 bridgehead atoms. The lowest BCUT2D eigenvalue weighted by atomic mass is 10.1. The number of pyridine rings is 1. The van der Waals surface area contributed by atoms with Crippen molar-refractivity contribution in [3.05, 3.63) is 72.4 Å². The first-order valence-electron chi connectivity index (χ1n) is 10.2. The van der Waals surface area contributed by atoms with E-state index < -0.39 is 12.2 Å².